The van der Waals surface area contributed by atoms with Crippen molar-refractivity contribution < 1.29 is 28.4 Å². The monoisotopic (exact) mass is 583 g/mol. The fourth-order valence-electron chi connectivity index (χ4n) is 4.45. The minimum Gasteiger partial charge on any atom is -0.493 e. The second-order valence-electron chi connectivity index (χ2n) is 9.27. The highest BCUT2D eigenvalue weighted by atomic mass is 32.1. The predicted octanol–water partition coefficient (Wildman–Crippen LogP) is 8.02. The normalized spacial score (nSPS) is 11.0. The lowest BCUT2D eigenvalue weighted by atomic mass is 10.1. The van der Waals surface area contributed by atoms with Crippen molar-refractivity contribution in [3.8, 4) is 45.1 Å². The van der Waals surface area contributed by atoms with Crippen LogP contribution in [-0.4, -0.2) is 46.6 Å². The molecule has 7 nitrogen and oxygen atoms in total. The van der Waals surface area contributed by atoms with Gasteiger partial charge in [0, 0.05) is 12.0 Å². The molecule has 0 aliphatic carbocycles. The van der Waals surface area contributed by atoms with Gasteiger partial charge in [0.25, 0.3) is 0 Å². The summed E-state index contributed by atoms with van der Waals surface area (Å²) >= 11 is 1.68. The largest absolute Gasteiger partial charge is 0.493 e. The number of aromatic nitrogens is 1. The Hall–Kier alpha value is -4.69. The third kappa shape index (κ3) is 6.78. The fraction of sp³-hybridized carbons (Fsp3) is 0.206. The molecule has 0 aliphatic rings. The van der Waals surface area contributed by atoms with E-state index in [1.165, 1.54) is 4.70 Å². The van der Waals surface area contributed by atoms with Gasteiger partial charge in [0.15, 0.2) is 23.0 Å². The van der Waals surface area contributed by atoms with E-state index in [0.29, 0.717) is 48.4 Å². The topological polar surface area (TPSA) is 68.3 Å². The number of fused-ring (bicyclic) bond motifs is 1. The molecule has 5 aromatic rings. The lowest BCUT2D eigenvalue weighted by Crippen LogP contribution is -2.06. The number of nitrogens with zero attached hydrogens (tertiary/aromatic N) is 1. The molecule has 8 heteroatoms. The molecule has 0 N–H and O–H groups in total. The molecule has 42 heavy (non-hydrogen) atoms. The van der Waals surface area contributed by atoms with Crippen LogP contribution in [0.25, 0.3) is 32.9 Å². The SMILES string of the molecule is COc1ccc(C=Cc2cc(OC)c(OC)c(OC)c2)cc1OCCCOc1cccc(-c2nc3ccccc3s2)c1. The third-order valence-electron chi connectivity index (χ3n) is 6.53. The van der Waals surface area contributed by atoms with Crippen molar-refractivity contribution >= 4 is 33.7 Å². The summed E-state index contributed by atoms with van der Waals surface area (Å²) in [5.74, 6) is 3.90. The Morgan fingerprint density at radius 3 is 2.10 bits per heavy atom. The number of hydrogen-bond donors (Lipinski definition) is 0. The molecule has 5 rings (SSSR count). The molecule has 0 unspecified atom stereocenters. The Bertz CT molecular complexity index is 1620. The van der Waals surface area contributed by atoms with E-state index < -0.39 is 0 Å². The summed E-state index contributed by atoms with van der Waals surface area (Å²) in [7, 11) is 6.42. The Kier molecular flexibility index (Phi) is 9.46. The van der Waals surface area contributed by atoms with Crippen LogP contribution in [0, 0.1) is 0 Å². The van der Waals surface area contributed by atoms with Gasteiger partial charge in [-0.2, -0.15) is 0 Å². The molecule has 0 atom stereocenters. The summed E-state index contributed by atoms with van der Waals surface area (Å²) in [4.78, 5) is 4.75. The van der Waals surface area contributed by atoms with Crippen molar-refractivity contribution in [3.05, 3.63) is 90.0 Å². The van der Waals surface area contributed by atoms with Crippen LogP contribution in [0.1, 0.15) is 17.5 Å². The van der Waals surface area contributed by atoms with Crippen molar-refractivity contribution in [2.24, 2.45) is 0 Å². The van der Waals surface area contributed by atoms with Gasteiger partial charge in [0.05, 0.1) is 51.9 Å². The van der Waals surface area contributed by atoms with Gasteiger partial charge in [0.1, 0.15) is 10.8 Å². The summed E-state index contributed by atoms with van der Waals surface area (Å²) in [6.45, 7) is 1.00. The maximum Gasteiger partial charge on any atom is 0.203 e. The van der Waals surface area contributed by atoms with Crippen LogP contribution >= 0.6 is 11.3 Å². The van der Waals surface area contributed by atoms with E-state index in [4.69, 9.17) is 33.4 Å². The zero-order chi connectivity index (χ0) is 29.3. The second kappa shape index (κ2) is 13.8. The Morgan fingerprint density at radius 2 is 1.36 bits per heavy atom. The van der Waals surface area contributed by atoms with Gasteiger partial charge in [-0.05, 0) is 59.7 Å². The number of benzene rings is 4. The van der Waals surface area contributed by atoms with Crippen LogP contribution < -0.4 is 28.4 Å². The second-order valence-corrected chi connectivity index (χ2v) is 10.3. The molecule has 0 fully saturated rings. The zero-order valence-corrected chi connectivity index (χ0v) is 24.9. The van der Waals surface area contributed by atoms with Crippen molar-refractivity contribution in [2.45, 2.75) is 6.42 Å². The minimum atomic E-state index is 0.480. The van der Waals surface area contributed by atoms with Crippen molar-refractivity contribution in [1.29, 1.82) is 0 Å². The highest BCUT2D eigenvalue weighted by molar-refractivity contribution is 7.21. The maximum absolute atomic E-state index is 6.08. The number of rotatable bonds is 13. The first-order valence-electron chi connectivity index (χ1n) is 13.5. The van der Waals surface area contributed by atoms with Gasteiger partial charge in [-0.25, -0.2) is 4.98 Å². The van der Waals surface area contributed by atoms with Gasteiger partial charge < -0.3 is 28.4 Å². The average molecular weight is 584 g/mol. The molecular formula is C34H33NO6S. The Balaban J connectivity index is 1.18. The van der Waals surface area contributed by atoms with E-state index in [9.17, 15) is 0 Å². The molecule has 0 spiro atoms. The van der Waals surface area contributed by atoms with Gasteiger partial charge >= 0.3 is 0 Å². The van der Waals surface area contributed by atoms with Crippen LogP contribution in [0.15, 0.2) is 78.9 Å². The smallest absolute Gasteiger partial charge is 0.203 e. The van der Waals surface area contributed by atoms with Gasteiger partial charge in [0.2, 0.25) is 5.75 Å². The molecule has 0 amide bonds. The number of hydrogen-bond acceptors (Lipinski definition) is 8. The summed E-state index contributed by atoms with van der Waals surface area (Å²) < 4.78 is 35.1. The van der Waals surface area contributed by atoms with E-state index in [1.54, 1.807) is 39.8 Å². The van der Waals surface area contributed by atoms with E-state index in [0.717, 1.165) is 33.0 Å². The molecule has 0 radical (unpaired) electrons. The lowest BCUT2D eigenvalue weighted by molar-refractivity contribution is 0.240. The van der Waals surface area contributed by atoms with Crippen LogP contribution in [0.5, 0.6) is 34.5 Å². The van der Waals surface area contributed by atoms with Gasteiger partial charge in [-0.3, -0.25) is 0 Å². The standard InChI is InChI=1S/C34H33NO6S/c1-36-28-16-15-23(13-14-24-20-30(37-2)33(39-4)31(21-24)38-3)19-29(28)41-18-8-17-40-26-10-7-9-25(22-26)34-35-27-11-5-6-12-32(27)42-34/h5-7,9-16,19-22H,8,17-18H2,1-4H3. The van der Waals surface area contributed by atoms with Crippen LogP contribution in [0.2, 0.25) is 0 Å². The van der Waals surface area contributed by atoms with E-state index in [2.05, 4.69) is 12.1 Å². The lowest BCUT2D eigenvalue weighted by Gasteiger charge is -2.13. The number of thiazole rings is 1. The highest BCUT2D eigenvalue weighted by Crippen LogP contribution is 2.39. The van der Waals surface area contributed by atoms with Crippen molar-refractivity contribution in [2.75, 3.05) is 41.7 Å². The molecule has 1 aromatic heterocycles. The minimum absolute atomic E-state index is 0.480. The number of para-hydroxylation sites is 1. The molecule has 1 heterocycles. The molecule has 216 valence electrons. The molecule has 0 bridgehead atoms. The fourth-order valence-corrected chi connectivity index (χ4v) is 5.41. The van der Waals surface area contributed by atoms with Crippen LogP contribution in [0.4, 0.5) is 0 Å². The Labute approximate surface area is 249 Å². The van der Waals surface area contributed by atoms with Crippen LogP contribution in [0.3, 0.4) is 0 Å². The van der Waals surface area contributed by atoms with E-state index in [1.807, 2.05) is 78.9 Å². The summed E-state index contributed by atoms with van der Waals surface area (Å²) in [5, 5.41) is 0.983. The summed E-state index contributed by atoms with van der Waals surface area (Å²) in [5.41, 5.74) is 3.93. The van der Waals surface area contributed by atoms with Crippen molar-refractivity contribution in [1.82, 2.24) is 4.98 Å². The average Bonchev–Trinajstić information content (AvgIpc) is 3.48. The first kappa shape index (κ1) is 28.8. The molecule has 0 saturated carbocycles. The molecule has 0 saturated heterocycles. The maximum atomic E-state index is 6.08. The van der Waals surface area contributed by atoms with Crippen LogP contribution in [-0.2, 0) is 0 Å². The quantitative estimate of drug-likeness (QED) is 0.103. The Morgan fingerprint density at radius 1 is 0.643 bits per heavy atom. The van der Waals surface area contributed by atoms with Crippen molar-refractivity contribution in [3.63, 3.8) is 0 Å². The summed E-state index contributed by atoms with van der Waals surface area (Å²) in [6.07, 6.45) is 4.68. The highest BCUT2D eigenvalue weighted by Gasteiger charge is 2.12. The molecular weight excluding hydrogens is 550 g/mol. The first-order chi connectivity index (χ1) is 20.6. The van der Waals surface area contributed by atoms with Gasteiger partial charge in [-0.15, -0.1) is 11.3 Å². The van der Waals surface area contributed by atoms with Gasteiger partial charge in [-0.1, -0.05) is 42.5 Å². The van der Waals surface area contributed by atoms with E-state index >= 15 is 0 Å². The summed E-state index contributed by atoms with van der Waals surface area (Å²) in [6, 6.07) is 25.8. The first-order valence-corrected chi connectivity index (χ1v) is 14.3. The molecule has 0 aliphatic heterocycles. The third-order valence-corrected chi connectivity index (χ3v) is 7.62. The number of methoxy groups -OCH3 is 4. The number of ether oxygens (including phenoxy) is 6. The van der Waals surface area contributed by atoms with E-state index in [-0.39, 0.29) is 0 Å². The zero-order valence-electron chi connectivity index (χ0n) is 24.1. The molecule has 4 aromatic carbocycles. The predicted molar refractivity (Wildman–Crippen MR) is 169 cm³/mol.